The van der Waals surface area contributed by atoms with Crippen molar-refractivity contribution in [2.24, 2.45) is 11.8 Å². The molecule has 90 valence electrons. The van der Waals surface area contributed by atoms with Crippen molar-refractivity contribution in [3.05, 3.63) is 0 Å². The Bertz CT molecular complexity index is 161. The van der Waals surface area contributed by atoms with Gasteiger partial charge in [-0.25, -0.2) is 0 Å². The number of thioether (sulfide) groups is 1. The first-order chi connectivity index (χ1) is 7.24. The third kappa shape index (κ3) is 5.26. The van der Waals surface area contributed by atoms with E-state index in [4.69, 9.17) is 0 Å². The second-order valence-electron chi connectivity index (χ2n) is 5.16. The summed E-state index contributed by atoms with van der Waals surface area (Å²) in [7, 11) is 0. The van der Waals surface area contributed by atoms with Crippen LogP contribution in [0, 0.1) is 11.8 Å². The topological polar surface area (TPSA) is 12.0 Å². The molecule has 0 saturated heterocycles. The molecule has 15 heavy (non-hydrogen) atoms. The van der Waals surface area contributed by atoms with E-state index in [-0.39, 0.29) is 0 Å². The van der Waals surface area contributed by atoms with Crippen molar-refractivity contribution in [3.8, 4) is 0 Å². The third-order valence-corrected chi connectivity index (χ3v) is 4.31. The molecule has 3 atom stereocenters. The zero-order valence-electron chi connectivity index (χ0n) is 10.6. The summed E-state index contributed by atoms with van der Waals surface area (Å²) < 4.78 is 0. The average Bonchev–Trinajstić information content (AvgIpc) is 2.20. The summed E-state index contributed by atoms with van der Waals surface area (Å²) in [6, 6.07) is 0.801. The van der Waals surface area contributed by atoms with Crippen molar-refractivity contribution in [1.82, 2.24) is 5.32 Å². The van der Waals surface area contributed by atoms with Crippen LogP contribution in [-0.2, 0) is 0 Å². The molecule has 1 nitrogen and oxygen atoms in total. The lowest BCUT2D eigenvalue weighted by Crippen LogP contribution is -2.39. The van der Waals surface area contributed by atoms with Gasteiger partial charge in [-0.1, -0.05) is 13.8 Å². The quantitative estimate of drug-likeness (QED) is 0.699. The number of unbranched alkanes of at least 4 members (excludes halogenated alkanes) is 1. The highest BCUT2D eigenvalue weighted by Gasteiger charge is 2.24. The van der Waals surface area contributed by atoms with Crippen LogP contribution in [-0.4, -0.2) is 24.6 Å². The fourth-order valence-corrected chi connectivity index (χ4v) is 3.12. The number of rotatable bonds is 6. The van der Waals surface area contributed by atoms with Crippen molar-refractivity contribution in [1.29, 1.82) is 0 Å². The van der Waals surface area contributed by atoms with Gasteiger partial charge >= 0.3 is 0 Å². The molecule has 1 fully saturated rings. The van der Waals surface area contributed by atoms with E-state index >= 15 is 0 Å². The molecule has 0 bridgehead atoms. The Hall–Kier alpha value is 0.310. The predicted molar refractivity (Wildman–Crippen MR) is 71.6 cm³/mol. The largest absolute Gasteiger partial charge is 0.314 e. The van der Waals surface area contributed by atoms with Gasteiger partial charge in [0, 0.05) is 6.04 Å². The fourth-order valence-electron chi connectivity index (χ4n) is 2.63. The molecule has 1 rings (SSSR count). The van der Waals surface area contributed by atoms with Crippen LogP contribution in [0.5, 0.6) is 0 Å². The van der Waals surface area contributed by atoms with E-state index in [1.165, 1.54) is 44.4 Å². The van der Waals surface area contributed by atoms with Crippen molar-refractivity contribution >= 4 is 11.8 Å². The lowest BCUT2D eigenvalue weighted by Gasteiger charge is -2.33. The molecule has 0 radical (unpaired) electrons. The molecule has 1 aliphatic carbocycles. The van der Waals surface area contributed by atoms with Crippen molar-refractivity contribution in [2.75, 3.05) is 18.6 Å². The minimum atomic E-state index is 0.801. The molecule has 0 amide bonds. The van der Waals surface area contributed by atoms with E-state index in [2.05, 4.69) is 25.4 Å². The summed E-state index contributed by atoms with van der Waals surface area (Å²) in [6.07, 6.45) is 9.14. The molecule has 3 unspecified atom stereocenters. The molecule has 0 heterocycles. The SMILES string of the molecule is CSCCCCNC1CCC(C)CC1C. The lowest BCUT2D eigenvalue weighted by molar-refractivity contribution is 0.228. The maximum absolute atomic E-state index is 3.74. The Balaban J connectivity index is 2.05. The van der Waals surface area contributed by atoms with E-state index in [0.29, 0.717) is 0 Å². The fraction of sp³-hybridized carbons (Fsp3) is 1.00. The van der Waals surface area contributed by atoms with E-state index < -0.39 is 0 Å². The molecule has 0 aromatic heterocycles. The van der Waals surface area contributed by atoms with Gasteiger partial charge in [-0.3, -0.25) is 0 Å². The van der Waals surface area contributed by atoms with E-state index in [9.17, 15) is 0 Å². The maximum Gasteiger partial charge on any atom is 0.00928 e. The lowest BCUT2D eigenvalue weighted by atomic mass is 9.80. The zero-order valence-corrected chi connectivity index (χ0v) is 11.4. The molecule has 1 aliphatic rings. The van der Waals surface area contributed by atoms with E-state index in [1.807, 2.05) is 11.8 Å². The molecule has 0 aromatic rings. The Kier molecular flexibility index (Phi) is 6.74. The normalized spacial score (nSPS) is 31.8. The van der Waals surface area contributed by atoms with E-state index in [0.717, 1.165) is 17.9 Å². The van der Waals surface area contributed by atoms with Gasteiger partial charge in [0.2, 0.25) is 0 Å². The molecule has 0 spiro atoms. The Morgan fingerprint density at radius 3 is 2.67 bits per heavy atom. The van der Waals surface area contributed by atoms with Crippen LogP contribution in [0.3, 0.4) is 0 Å². The first-order valence-electron chi connectivity index (χ1n) is 6.46. The summed E-state index contributed by atoms with van der Waals surface area (Å²) in [4.78, 5) is 0. The highest BCUT2D eigenvalue weighted by molar-refractivity contribution is 7.98. The van der Waals surface area contributed by atoms with Gasteiger partial charge in [-0.2, -0.15) is 11.8 Å². The van der Waals surface area contributed by atoms with Crippen LogP contribution >= 0.6 is 11.8 Å². The average molecular weight is 229 g/mol. The van der Waals surface area contributed by atoms with Gasteiger partial charge < -0.3 is 5.32 Å². The van der Waals surface area contributed by atoms with Crippen molar-refractivity contribution < 1.29 is 0 Å². The van der Waals surface area contributed by atoms with Crippen LogP contribution in [0.15, 0.2) is 0 Å². The standard InChI is InChI=1S/C13H27NS/c1-11-6-7-13(12(2)10-11)14-8-4-5-9-15-3/h11-14H,4-10H2,1-3H3. The smallest absolute Gasteiger partial charge is 0.00928 e. The second-order valence-corrected chi connectivity index (χ2v) is 6.14. The van der Waals surface area contributed by atoms with Gasteiger partial charge in [0.25, 0.3) is 0 Å². The van der Waals surface area contributed by atoms with Gasteiger partial charge in [0.15, 0.2) is 0 Å². The van der Waals surface area contributed by atoms with Gasteiger partial charge in [-0.05, 0) is 62.5 Å². The van der Waals surface area contributed by atoms with Crippen LogP contribution in [0.25, 0.3) is 0 Å². The van der Waals surface area contributed by atoms with Crippen molar-refractivity contribution in [3.63, 3.8) is 0 Å². The second kappa shape index (κ2) is 7.56. The predicted octanol–water partition coefficient (Wildman–Crippen LogP) is 3.54. The zero-order chi connectivity index (χ0) is 11.1. The molecular weight excluding hydrogens is 202 g/mol. The summed E-state index contributed by atoms with van der Waals surface area (Å²) in [5.41, 5.74) is 0. The summed E-state index contributed by atoms with van der Waals surface area (Å²) in [5.74, 6) is 3.16. The number of hydrogen-bond acceptors (Lipinski definition) is 2. The molecule has 0 aliphatic heterocycles. The molecule has 1 saturated carbocycles. The van der Waals surface area contributed by atoms with Crippen LogP contribution in [0.4, 0.5) is 0 Å². The number of hydrogen-bond donors (Lipinski definition) is 1. The first-order valence-corrected chi connectivity index (χ1v) is 7.85. The number of nitrogens with one attached hydrogen (secondary N) is 1. The van der Waals surface area contributed by atoms with Crippen LogP contribution in [0.1, 0.15) is 46.0 Å². The highest BCUT2D eigenvalue weighted by Crippen LogP contribution is 2.28. The summed E-state index contributed by atoms with van der Waals surface area (Å²) in [5, 5.41) is 3.74. The Labute approximate surface area is 99.8 Å². The minimum Gasteiger partial charge on any atom is -0.314 e. The third-order valence-electron chi connectivity index (χ3n) is 3.61. The molecular formula is C13H27NS. The highest BCUT2D eigenvalue weighted by atomic mass is 32.2. The van der Waals surface area contributed by atoms with Gasteiger partial charge in [0.1, 0.15) is 0 Å². The minimum absolute atomic E-state index is 0.801. The molecule has 1 N–H and O–H groups in total. The summed E-state index contributed by atoms with van der Waals surface area (Å²) in [6.45, 7) is 6.03. The maximum atomic E-state index is 3.74. The van der Waals surface area contributed by atoms with Gasteiger partial charge in [0.05, 0.1) is 0 Å². The Morgan fingerprint density at radius 1 is 1.20 bits per heavy atom. The first kappa shape index (κ1) is 13.4. The monoisotopic (exact) mass is 229 g/mol. The molecule has 0 aromatic carbocycles. The van der Waals surface area contributed by atoms with Gasteiger partial charge in [-0.15, -0.1) is 0 Å². The summed E-state index contributed by atoms with van der Waals surface area (Å²) >= 11 is 1.96. The van der Waals surface area contributed by atoms with E-state index in [1.54, 1.807) is 0 Å². The van der Waals surface area contributed by atoms with Crippen molar-refractivity contribution in [2.45, 2.75) is 52.0 Å². The van der Waals surface area contributed by atoms with Crippen LogP contribution < -0.4 is 5.32 Å². The van der Waals surface area contributed by atoms with Crippen LogP contribution in [0.2, 0.25) is 0 Å². The molecule has 2 heteroatoms. The Morgan fingerprint density at radius 2 is 2.00 bits per heavy atom.